The highest BCUT2D eigenvalue weighted by molar-refractivity contribution is 9.10. The largest absolute Gasteiger partial charge is 0.461 e. The highest BCUT2D eigenvalue weighted by Crippen LogP contribution is 2.60. The van der Waals surface area contributed by atoms with Gasteiger partial charge in [-0.15, -0.1) is 0 Å². The molecular weight excluding hydrogens is 490 g/mol. The van der Waals surface area contributed by atoms with E-state index in [-0.39, 0.29) is 46.5 Å². The summed E-state index contributed by atoms with van der Waals surface area (Å²) in [7, 11) is 0. The van der Waals surface area contributed by atoms with Crippen LogP contribution < -0.4 is 10.1 Å². The number of fused-ring (bicyclic) bond motifs is 1. The molecule has 2 saturated carbocycles. The molecule has 0 spiro atoms. The molecule has 5 rings (SSSR count). The van der Waals surface area contributed by atoms with Gasteiger partial charge in [-0.2, -0.15) is 0 Å². The summed E-state index contributed by atoms with van der Waals surface area (Å²) in [6.45, 7) is 0. The molecule has 2 aromatic rings. The van der Waals surface area contributed by atoms with Crippen LogP contribution in [0.1, 0.15) is 6.42 Å². The maximum atomic E-state index is 12.9. The summed E-state index contributed by atoms with van der Waals surface area (Å²) >= 11 is 7.03. The molecule has 2 bridgehead atoms. The fraction of sp³-hybridized carbons (Fsp3) is 0.333. The van der Waals surface area contributed by atoms with Crippen LogP contribution in [-0.2, 0) is 14.3 Å². The Morgan fingerprint density at radius 1 is 1.04 bits per heavy atom. The third kappa shape index (κ3) is 2.95. The fourth-order valence-electron chi connectivity index (χ4n) is 4.80. The van der Waals surface area contributed by atoms with E-state index in [9.17, 15) is 9.59 Å². The highest BCUT2D eigenvalue weighted by atomic mass is 79.9. The van der Waals surface area contributed by atoms with Gasteiger partial charge in [-0.1, -0.05) is 31.9 Å². The van der Waals surface area contributed by atoms with Gasteiger partial charge in [-0.25, -0.2) is 0 Å². The van der Waals surface area contributed by atoms with Crippen LogP contribution in [0.25, 0.3) is 0 Å². The predicted octanol–water partition coefficient (Wildman–Crippen LogP) is 4.75. The first-order chi connectivity index (χ1) is 13.5. The molecule has 1 saturated heterocycles. The van der Waals surface area contributed by atoms with E-state index in [1.807, 2.05) is 36.4 Å². The van der Waals surface area contributed by atoms with Crippen LogP contribution in [0.15, 0.2) is 53.0 Å². The Labute approximate surface area is 179 Å². The highest BCUT2D eigenvalue weighted by Gasteiger charge is 2.67. The maximum absolute atomic E-state index is 12.9. The molecule has 0 unspecified atom stereocenters. The molecule has 6 atom stereocenters. The number of ether oxygens (including phenoxy) is 2. The number of carbonyl (C=O) groups is 2. The molecular formula is C21H17Br2NO4. The smallest absolute Gasteiger partial charge is 0.310 e. The molecule has 1 amide bonds. The number of amides is 1. The second kappa shape index (κ2) is 6.88. The van der Waals surface area contributed by atoms with Crippen molar-refractivity contribution in [1.82, 2.24) is 0 Å². The first-order valence-corrected chi connectivity index (χ1v) is 10.9. The molecule has 1 heterocycles. The van der Waals surface area contributed by atoms with Crippen LogP contribution in [0.4, 0.5) is 5.69 Å². The molecule has 1 aliphatic heterocycles. The predicted molar refractivity (Wildman–Crippen MR) is 110 cm³/mol. The second-order valence-electron chi connectivity index (χ2n) is 7.53. The Morgan fingerprint density at radius 3 is 2.36 bits per heavy atom. The summed E-state index contributed by atoms with van der Waals surface area (Å²) < 4.78 is 12.3. The monoisotopic (exact) mass is 505 g/mol. The van der Waals surface area contributed by atoms with Crippen molar-refractivity contribution in [2.75, 3.05) is 5.32 Å². The van der Waals surface area contributed by atoms with Crippen LogP contribution in [-0.4, -0.2) is 22.8 Å². The summed E-state index contributed by atoms with van der Waals surface area (Å²) in [6.07, 6.45) is 0.802. The number of carbonyl (C=O) groups excluding carboxylic acids is 2. The Bertz CT molecular complexity index is 930. The lowest BCUT2D eigenvalue weighted by Gasteiger charge is -2.27. The SMILES string of the molecule is O=C(Nc1ccc(Oc2ccc(Br)cc2)cc1)[C@@H]1[C@H]2C[C@H]3[C@H](OC(=O)[C@@H]31)[C@@H]2Br. The van der Waals surface area contributed by atoms with Gasteiger partial charge in [-0.05, 0) is 60.9 Å². The average Bonchev–Trinajstić information content (AvgIpc) is 3.29. The number of rotatable bonds is 4. The van der Waals surface area contributed by atoms with Crippen LogP contribution in [0.5, 0.6) is 11.5 Å². The molecule has 144 valence electrons. The van der Waals surface area contributed by atoms with Gasteiger partial charge in [0.1, 0.15) is 17.6 Å². The van der Waals surface area contributed by atoms with Gasteiger partial charge in [0.15, 0.2) is 0 Å². The molecule has 3 aliphatic rings. The number of benzene rings is 2. The molecule has 5 nitrogen and oxygen atoms in total. The number of alkyl halides is 1. The minimum atomic E-state index is -0.334. The molecule has 28 heavy (non-hydrogen) atoms. The normalized spacial score (nSPS) is 32.3. The summed E-state index contributed by atoms with van der Waals surface area (Å²) in [5.74, 6) is 0.759. The van der Waals surface area contributed by atoms with E-state index < -0.39 is 0 Å². The molecule has 1 N–H and O–H groups in total. The maximum Gasteiger partial charge on any atom is 0.310 e. The van der Waals surface area contributed by atoms with Crippen molar-refractivity contribution in [3.63, 3.8) is 0 Å². The lowest BCUT2D eigenvalue weighted by molar-refractivity contribution is -0.145. The van der Waals surface area contributed by atoms with E-state index in [0.717, 1.165) is 16.6 Å². The number of esters is 1. The Kier molecular flexibility index (Phi) is 4.47. The van der Waals surface area contributed by atoms with Gasteiger partial charge in [0.25, 0.3) is 0 Å². The van der Waals surface area contributed by atoms with Crippen LogP contribution in [0.3, 0.4) is 0 Å². The Balaban J connectivity index is 1.27. The summed E-state index contributed by atoms with van der Waals surface area (Å²) in [5, 5.41) is 2.96. The second-order valence-corrected chi connectivity index (χ2v) is 9.50. The van der Waals surface area contributed by atoms with Gasteiger partial charge in [-0.3, -0.25) is 9.59 Å². The lowest BCUT2D eigenvalue weighted by Crippen LogP contribution is -2.40. The van der Waals surface area contributed by atoms with Crippen molar-refractivity contribution in [3.8, 4) is 11.5 Å². The summed E-state index contributed by atoms with van der Waals surface area (Å²) in [6, 6.07) is 14.8. The Hall–Kier alpha value is -1.86. The molecule has 7 heteroatoms. The van der Waals surface area contributed by atoms with E-state index in [2.05, 4.69) is 37.2 Å². The zero-order valence-corrected chi connectivity index (χ0v) is 17.9. The van der Waals surface area contributed by atoms with Crippen LogP contribution in [0, 0.1) is 23.7 Å². The van der Waals surface area contributed by atoms with Crippen molar-refractivity contribution < 1.29 is 19.1 Å². The average molecular weight is 507 g/mol. The van der Waals surface area contributed by atoms with Crippen molar-refractivity contribution in [2.24, 2.45) is 23.7 Å². The number of hydrogen-bond donors (Lipinski definition) is 1. The fourth-order valence-corrected chi connectivity index (χ4v) is 6.11. The molecule has 2 aromatic carbocycles. The van der Waals surface area contributed by atoms with Crippen LogP contribution in [0.2, 0.25) is 0 Å². The minimum Gasteiger partial charge on any atom is -0.461 e. The van der Waals surface area contributed by atoms with Gasteiger partial charge in [0.2, 0.25) is 5.91 Å². The molecule has 0 aromatic heterocycles. The van der Waals surface area contributed by atoms with Crippen molar-refractivity contribution in [3.05, 3.63) is 53.0 Å². The van der Waals surface area contributed by atoms with E-state index in [1.165, 1.54) is 0 Å². The van der Waals surface area contributed by atoms with Gasteiger partial charge >= 0.3 is 5.97 Å². The lowest BCUT2D eigenvalue weighted by atomic mass is 9.79. The zero-order chi connectivity index (χ0) is 19.4. The quantitative estimate of drug-likeness (QED) is 0.480. The van der Waals surface area contributed by atoms with Crippen molar-refractivity contribution in [1.29, 1.82) is 0 Å². The zero-order valence-electron chi connectivity index (χ0n) is 14.7. The molecule has 2 aliphatic carbocycles. The van der Waals surface area contributed by atoms with E-state index in [0.29, 0.717) is 11.4 Å². The van der Waals surface area contributed by atoms with Crippen molar-refractivity contribution in [2.45, 2.75) is 17.4 Å². The third-order valence-corrected chi connectivity index (χ3v) is 7.73. The molecule has 3 fully saturated rings. The number of anilines is 1. The van der Waals surface area contributed by atoms with Gasteiger partial charge in [0.05, 0.1) is 16.7 Å². The van der Waals surface area contributed by atoms with E-state index in [1.54, 1.807) is 12.1 Å². The summed E-state index contributed by atoms with van der Waals surface area (Å²) in [4.78, 5) is 25.2. The summed E-state index contributed by atoms with van der Waals surface area (Å²) in [5.41, 5.74) is 0.685. The van der Waals surface area contributed by atoms with Gasteiger partial charge < -0.3 is 14.8 Å². The third-order valence-electron chi connectivity index (χ3n) is 6.00. The topological polar surface area (TPSA) is 64.6 Å². The standard InChI is InChI=1S/C21H17Br2NO4/c22-10-1-5-12(6-2-10)27-13-7-3-11(4-8-13)24-20(25)16-14-9-15-17(16)21(26)28-19(15)18(14)23/h1-8,14-19H,9H2,(H,24,25)/t14-,15-,16-,17+,18-,19+/m1/s1. The number of nitrogens with one attached hydrogen (secondary N) is 1. The van der Waals surface area contributed by atoms with Crippen molar-refractivity contribution >= 4 is 49.4 Å². The first kappa shape index (κ1) is 18.2. The van der Waals surface area contributed by atoms with Gasteiger partial charge in [0, 0.05) is 16.1 Å². The molecule has 0 radical (unpaired) electrons. The first-order valence-electron chi connectivity index (χ1n) is 9.20. The van der Waals surface area contributed by atoms with E-state index >= 15 is 0 Å². The van der Waals surface area contributed by atoms with E-state index in [4.69, 9.17) is 9.47 Å². The van der Waals surface area contributed by atoms with Crippen LogP contribution >= 0.6 is 31.9 Å². The number of halogens is 2. The Morgan fingerprint density at radius 2 is 1.68 bits per heavy atom. The number of hydrogen-bond acceptors (Lipinski definition) is 4. The minimum absolute atomic E-state index is 0.0673.